The van der Waals surface area contributed by atoms with Gasteiger partial charge in [0.25, 0.3) is 5.69 Å². The summed E-state index contributed by atoms with van der Waals surface area (Å²) in [5.74, 6) is 0. The lowest BCUT2D eigenvalue weighted by Crippen LogP contribution is -2.16. The van der Waals surface area contributed by atoms with E-state index in [1.54, 1.807) is 13.1 Å². The summed E-state index contributed by atoms with van der Waals surface area (Å²) in [5, 5.41) is 14.0. The zero-order valence-electron chi connectivity index (χ0n) is 11.5. The molecule has 0 heterocycles. The lowest BCUT2D eigenvalue weighted by Gasteiger charge is -2.23. The molecule has 0 radical (unpaired) electrons. The van der Waals surface area contributed by atoms with E-state index in [0.717, 1.165) is 23.6 Å². The maximum absolute atomic E-state index is 11.0. The molecule has 0 saturated carbocycles. The fourth-order valence-corrected chi connectivity index (χ4v) is 2.12. The molecule has 0 bridgehead atoms. The van der Waals surface area contributed by atoms with Crippen LogP contribution in [0.4, 0.5) is 22.7 Å². The Bertz CT molecular complexity index is 599. The number of hydrogen-bond donors (Lipinski definition) is 1. The van der Waals surface area contributed by atoms with Gasteiger partial charge in [-0.15, -0.1) is 0 Å². The number of anilines is 3. The van der Waals surface area contributed by atoms with E-state index in [1.807, 2.05) is 48.2 Å². The minimum Gasteiger partial charge on any atom is -0.388 e. The highest BCUT2D eigenvalue weighted by molar-refractivity contribution is 5.70. The van der Waals surface area contributed by atoms with E-state index < -0.39 is 0 Å². The molecule has 0 spiro atoms. The van der Waals surface area contributed by atoms with Gasteiger partial charge in [-0.05, 0) is 25.1 Å². The Kier molecular flexibility index (Phi) is 4.20. The molecular weight excluding hydrogens is 254 g/mol. The number of nitrogens with one attached hydrogen (secondary N) is 1. The van der Waals surface area contributed by atoms with Crippen LogP contribution >= 0.6 is 0 Å². The average molecular weight is 271 g/mol. The first kappa shape index (κ1) is 13.9. The van der Waals surface area contributed by atoms with Gasteiger partial charge in [-0.2, -0.15) is 0 Å². The van der Waals surface area contributed by atoms with Crippen molar-refractivity contribution in [1.29, 1.82) is 0 Å². The lowest BCUT2D eigenvalue weighted by atomic mass is 10.2. The molecule has 0 unspecified atom stereocenters. The highest BCUT2D eigenvalue weighted by Gasteiger charge is 2.14. The molecule has 1 N–H and O–H groups in total. The fraction of sp³-hybridized carbons (Fsp3) is 0.200. The standard InChI is InChI=1S/C15H17N3O2/c1-3-17(13-7-5-4-6-8-13)14-9-12(16-2)10-15(11-14)18(19)20/h4-11,16H,3H2,1-2H3. The van der Waals surface area contributed by atoms with Crippen LogP contribution in [-0.2, 0) is 0 Å². The van der Waals surface area contributed by atoms with Crippen molar-refractivity contribution in [2.24, 2.45) is 0 Å². The van der Waals surface area contributed by atoms with Gasteiger partial charge in [0.1, 0.15) is 0 Å². The Hall–Kier alpha value is -2.56. The summed E-state index contributed by atoms with van der Waals surface area (Å²) in [4.78, 5) is 12.7. The molecule has 2 rings (SSSR count). The van der Waals surface area contributed by atoms with Gasteiger partial charge in [0.15, 0.2) is 0 Å². The van der Waals surface area contributed by atoms with Gasteiger partial charge < -0.3 is 10.2 Å². The molecule has 0 aliphatic rings. The van der Waals surface area contributed by atoms with E-state index in [-0.39, 0.29) is 10.6 Å². The average Bonchev–Trinajstić information content (AvgIpc) is 2.48. The molecule has 0 atom stereocenters. The van der Waals surface area contributed by atoms with Crippen molar-refractivity contribution in [1.82, 2.24) is 0 Å². The van der Waals surface area contributed by atoms with E-state index in [9.17, 15) is 10.1 Å². The highest BCUT2D eigenvalue weighted by Crippen LogP contribution is 2.31. The van der Waals surface area contributed by atoms with Gasteiger partial charge in [-0.3, -0.25) is 10.1 Å². The van der Waals surface area contributed by atoms with Crippen LogP contribution in [0.3, 0.4) is 0 Å². The fourth-order valence-electron chi connectivity index (χ4n) is 2.12. The topological polar surface area (TPSA) is 58.4 Å². The van der Waals surface area contributed by atoms with Crippen molar-refractivity contribution in [3.05, 3.63) is 58.6 Å². The SMILES string of the molecule is CCN(c1ccccc1)c1cc(NC)cc([N+](=O)[O-])c1. The number of para-hydroxylation sites is 1. The third-order valence-corrected chi connectivity index (χ3v) is 3.10. The molecule has 2 aromatic carbocycles. The first-order chi connectivity index (χ1) is 9.65. The normalized spacial score (nSPS) is 10.1. The van der Waals surface area contributed by atoms with Gasteiger partial charge in [-0.25, -0.2) is 0 Å². The number of rotatable bonds is 5. The molecule has 0 amide bonds. The summed E-state index contributed by atoms with van der Waals surface area (Å²) >= 11 is 0. The quantitative estimate of drug-likeness (QED) is 0.664. The predicted molar refractivity (Wildman–Crippen MR) is 81.8 cm³/mol. The second kappa shape index (κ2) is 6.06. The van der Waals surface area contributed by atoms with Crippen LogP contribution in [0.5, 0.6) is 0 Å². The highest BCUT2D eigenvalue weighted by atomic mass is 16.6. The molecule has 104 valence electrons. The first-order valence-corrected chi connectivity index (χ1v) is 6.45. The van der Waals surface area contributed by atoms with E-state index in [0.29, 0.717) is 0 Å². The van der Waals surface area contributed by atoms with Crippen molar-refractivity contribution >= 4 is 22.7 Å². The summed E-state index contributed by atoms with van der Waals surface area (Å²) in [6.07, 6.45) is 0. The van der Waals surface area contributed by atoms with Crippen molar-refractivity contribution < 1.29 is 4.92 Å². The molecule has 5 nitrogen and oxygen atoms in total. The summed E-state index contributed by atoms with van der Waals surface area (Å²) in [5.41, 5.74) is 2.62. The van der Waals surface area contributed by atoms with Crippen LogP contribution < -0.4 is 10.2 Å². The lowest BCUT2D eigenvalue weighted by molar-refractivity contribution is -0.384. The molecule has 20 heavy (non-hydrogen) atoms. The minimum absolute atomic E-state index is 0.0845. The molecule has 0 saturated heterocycles. The maximum atomic E-state index is 11.0. The van der Waals surface area contributed by atoms with Crippen molar-refractivity contribution in [2.45, 2.75) is 6.92 Å². The van der Waals surface area contributed by atoms with E-state index >= 15 is 0 Å². The Morgan fingerprint density at radius 1 is 1.15 bits per heavy atom. The zero-order chi connectivity index (χ0) is 14.5. The molecule has 0 fully saturated rings. The van der Waals surface area contributed by atoms with E-state index in [4.69, 9.17) is 0 Å². The van der Waals surface area contributed by atoms with Gasteiger partial charge in [0.2, 0.25) is 0 Å². The molecule has 5 heteroatoms. The number of benzene rings is 2. The summed E-state index contributed by atoms with van der Waals surface area (Å²) in [7, 11) is 1.75. The van der Waals surface area contributed by atoms with E-state index in [2.05, 4.69) is 5.32 Å². The van der Waals surface area contributed by atoms with Crippen molar-refractivity contribution in [3.63, 3.8) is 0 Å². The Morgan fingerprint density at radius 2 is 1.85 bits per heavy atom. The molecule has 0 aliphatic heterocycles. The molecule has 0 aromatic heterocycles. The minimum atomic E-state index is -0.372. The van der Waals surface area contributed by atoms with Crippen LogP contribution in [0.15, 0.2) is 48.5 Å². The maximum Gasteiger partial charge on any atom is 0.273 e. The van der Waals surface area contributed by atoms with Gasteiger partial charge in [-0.1, -0.05) is 18.2 Å². The number of nitrogens with zero attached hydrogens (tertiary/aromatic N) is 2. The number of non-ortho nitro benzene ring substituents is 1. The Balaban J connectivity index is 2.49. The van der Waals surface area contributed by atoms with Crippen molar-refractivity contribution in [3.8, 4) is 0 Å². The van der Waals surface area contributed by atoms with E-state index in [1.165, 1.54) is 6.07 Å². The van der Waals surface area contributed by atoms with Gasteiger partial charge in [0, 0.05) is 42.8 Å². The third kappa shape index (κ3) is 2.88. The third-order valence-electron chi connectivity index (χ3n) is 3.10. The van der Waals surface area contributed by atoms with Gasteiger partial charge >= 0.3 is 0 Å². The number of nitro groups is 1. The number of hydrogen-bond acceptors (Lipinski definition) is 4. The smallest absolute Gasteiger partial charge is 0.273 e. The predicted octanol–water partition coefficient (Wildman–Crippen LogP) is 3.79. The van der Waals surface area contributed by atoms with Crippen LogP contribution in [0.25, 0.3) is 0 Å². The van der Waals surface area contributed by atoms with Crippen LogP contribution in [0.2, 0.25) is 0 Å². The second-order valence-electron chi connectivity index (χ2n) is 4.33. The summed E-state index contributed by atoms with van der Waals surface area (Å²) in [6.45, 7) is 2.75. The van der Waals surface area contributed by atoms with Crippen LogP contribution in [-0.4, -0.2) is 18.5 Å². The molecule has 2 aromatic rings. The molecular formula is C15H17N3O2. The Labute approximate surface area is 118 Å². The largest absolute Gasteiger partial charge is 0.388 e. The van der Waals surface area contributed by atoms with Gasteiger partial charge in [0.05, 0.1) is 4.92 Å². The summed E-state index contributed by atoms with van der Waals surface area (Å²) < 4.78 is 0. The Morgan fingerprint density at radius 3 is 2.40 bits per heavy atom. The monoisotopic (exact) mass is 271 g/mol. The molecule has 0 aliphatic carbocycles. The van der Waals surface area contributed by atoms with Crippen LogP contribution in [0, 0.1) is 10.1 Å². The second-order valence-corrected chi connectivity index (χ2v) is 4.33. The zero-order valence-corrected chi connectivity index (χ0v) is 11.5. The van der Waals surface area contributed by atoms with Crippen LogP contribution in [0.1, 0.15) is 6.92 Å². The van der Waals surface area contributed by atoms with Crippen molar-refractivity contribution in [2.75, 3.05) is 23.8 Å². The number of nitro benzene ring substituents is 1. The summed E-state index contributed by atoms with van der Waals surface area (Å²) in [6, 6.07) is 14.9. The first-order valence-electron chi connectivity index (χ1n) is 6.45.